The number of fused-ring (bicyclic) bond motifs is 1. The molecule has 56 heavy (non-hydrogen) atoms. The number of anilines is 2. The molecular weight excluding hydrogens is 755 g/mol. The normalized spacial score (nSPS) is 21.2. The number of rotatable bonds is 11. The lowest BCUT2D eigenvalue weighted by Gasteiger charge is -2.31. The predicted molar refractivity (Wildman–Crippen MR) is 201 cm³/mol. The van der Waals surface area contributed by atoms with E-state index in [0.717, 1.165) is 6.42 Å². The van der Waals surface area contributed by atoms with Gasteiger partial charge in [-0.15, -0.1) is 0 Å². The van der Waals surface area contributed by atoms with Gasteiger partial charge in [0.15, 0.2) is 35.2 Å². The van der Waals surface area contributed by atoms with E-state index < -0.39 is 77.1 Å². The number of Topliss-reactive ketones (excluding diaryl/α,β-unsaturated/α-hetero) is 1. The largest absolute Gasteiger partial charge is 0.463 e. The molecule has 2 saturated heterocycles. The Morgan fingerprint density at radius 1 is 1.02 bits per heavy atom. The highest BCUT2D eigenvalue weighted by Gasteiger charge is 2.50. The van der Waals surface area contributed by atoms with Crippen LogP contribution in [0.25, 0.3) is 11.2 Å². The third-order valence-electron chi connectivity index (χ3n) is 9.13. The molecule has 3 amide bonds. The van der Waals surface area contributed by atoms with Crippen molar-refractivity contribution in [2.24, 2.45) is 5.92 Å². The molecule has 0 spiro atoms. The quantitative estimate of drug-likeness (QED) is 0.0912. The van der Waals surface area contributed by atoms with Crippen LogP contribution in [-0.4, -0.2) is 98.2 Å². The molecule has 0 N–H and O–H groups in total. The van der Waals surface area contributed by atoms with Gasteiger partial charge in [-0.05, 0) is 91.1 Å². The summed E-state index contributed by atoms with van der Waals surface area (Å²) in [6.45, 7) is 14.2. The number of benzene rings is 1. The van der Waals surface area contributed by atoms with Gasteiger partial charge in [-0.25, -0.2) is 23.8 Å². The van der Waals surface area contributed by atoms with E-state index in [1.807, 2.05) is 0 Å². The lowest BCUT2D eigenvalue weighted by Crippen LogP contribution is -2.52. The summed E-state index contributed by atoms with van der Waals surface area (Å²) in [6, 6.07) is 6.90. The second-order valence-corrected chi connectivity index (χ2v) is 16.0. The number of halogens is 2. The van der Waals surface area contributed by atoms with E-state index in [1.165, 1.54) is 17.8 Å². The number of amides is 3. The maximum Gasteiger partial charge on any atom is 0.425 e. The molecule has 2 fully saturated rings. The molecular formula is C38H48ClFN6O10. The number of carbonyl (C=O) groups is 5. The van der Waals surface area contributed by atoms with Gasteiger partial charge in [0.2, 0.25) is 16.8 Å². The number of ether oxygens (including phenoxy) is 5. The fourth-order valence-corrected chi connectivity index (χ4v) is 6.52. The Morgan fingerprint density at radius 3 is 2.18 bits per heavy atom. The summed E-state index contributed by atoms with van der Waals surface area (Å²) < 4.78 is 46.1. The summed E-state index contributed by atoms with van der Waals surface area (Å²) in [5.41, 5.74) is -3.08. The number of aromatic nitrogens is 4. The molecule has 2 aliphatic heterocycles. The molecule has 5 rings (SSSR count). The highest BCUT2D eigenvalue weighted by atomic mass is 35.5. The van der Waals surface area contributed by atoms with Gasteiger partial charge >= 0.3 is 18.2 Å². The summed E-state index contributed by atoms with van der Waals surface area (Å²) in [5.74, 6) is -2.75. The Morgan fingerprint density at radius 2 is 1.64 bits per heavy atom. The first kappa shape index (κ1) is 42.4. The van der Waals surface area contributed by atoms with Crippen LogP contribution in [0.3, 0.4) is 0 Å². The average molecular weight is 803 g/mol. The van der Waals surface area contributed by atoms with Crippen LogP contribution in [-0.2, 0) is 44.5 Å². The molecule has 2 aliphatic rings. The predicted octanol–water partition coefficient (Wildman–Crippen LogP) is 6.30. The van der Waals surface area contributed by atoms with Crippen molar-refractivity contribution in [3.05, 3.63) is 41.4 Å². The number of ketones is 1. The number of alkyl halides is 1. The van der Waals surface area contributed by atoms with Crippen molar-refractivity contribution in [2.75, 3.05) is 29.6 Å². The van der Waals surface area contributed by atoms with Gasteiger partial charge in [0.1, 0.15) is 11.2 Å². The standard InChI is InChI=1S/C38H48ClFN6O10/c1-10-52-32(49)38(22(3)47,18-23-13-15-24(16-14-23)44-17-11-12-26(44)48)53-19-25-21(2)27(40)31(54-25)45-20-41-28-29(45)42-33(39)43-30(28)46(34(50)55-36(4,5)6)35(51)56-37(7,8)9/h13-16,20-21,25,27,31H,10-12,17-19H2,1-9H3/t21-,25-,27+,31-,38?/m1/s1. The monoisotopic (exact) mass is 802 g/mol. The van der Waals surface area contributed by atoms with Crippen LogP contribution in [0.5, 0.6) is 0 Å². The van der Waals surface area contributed by atoms with Crippen molar-refractivity contribution in [3.8, 4) is 0 Å². The van der Waals surface area contributed by atoms with Crippen LogP contribution >= 0.6 is 11.6 Å². The molecule has 16 nitrogen and oxygen atoms in total. The molecule has 0 saturated carbocycles. The molecule has 2 aromatic heterocycles. The van der Waals surface area contributed by atoms with Crippen molar-refractivity contribution in [3.63, 3.8) is 0 Å². The minimum Gasteiger partial charge on any atom is -0.463 e. The van der Waals surface area contributed by atoms with Crippen LogP contribution in [0, 0.1) is 5.92 Å². The summed E-state index contributed by atoms with van der Waals surface area (Å²) in [6.07, 6.45) is -4.12. The molecule has 0 bridgehead atoms. The second-order valence-electron chi connectivity index (χ2n) is 15.7. The van der Waals surface area contributed by atoms with Crippen molar-refractivity contribution >= 4 is 64.1 Å². The van der Waals surface area contributed by atoms with Gasteiger partial charge in [0, 0.05) is 31.0 Å². The van der Waals surface area contributed by atoms with Gasteiger partial charge in [0.05, 0.1) is 25.6 Å². The zero-order valence-electron chi connectivity index (χ0n) is 33.0. The molecule has 304 valence electrons. The van der Waals surface area contributed by atoms with Gasteiger partial charge in [-0.1, -0.05) is 19.1 Å². The lowest BCUT2D eigenvalue weighted by atomic mass is 9.90. The Labute approximate surface area is 328 Å². The van der Waals surface area contributed by atoms with Crippen molar-refractivity contribution in [1.29, 1.82) is 0 Å². The first-order valence-corrected chi connectivity index (χ1v) is 18.7. The fraction of sp³-hybridized carbons (Fsp3) is 0.579. The summed E-state index contributed by atoms with van der Waals surface area (Å²) in [5, 5.41) is -0.409. The number of imidazole rings is 1. The molecule has 18 heteroatoms. The topological polar surface area (TPSA) is 182 Å². The summed E-state index contributed by atoms with van der Waals surface area (Å²) in [4.78, 5) is 80.8. The summed E-state index contributed by atoms with van der Waals surface area (Å²) in [7, 11) is 0. The first-order valence-electron chi connectivity index (χ1n) is 18.3. The summed E-state index contributed by atoms with van der Waals surface area (Å²) >= 11 is 6.33. The van der Waals surface area contributed by atoms with Crippen molar-refractivity contribution in [2.45, 2.75) is 117 Å². The van der Waals surface area contributed by atoms with E-state index in [-0.39, 0.29) is 35.9 Å². The van der Waals surface area contributed by atoms with E-state index in [4.69, 9.17) is 35.3 Å². The average Bonchev–Trinajstić information content (AvgIpc) is 3.78. The number of carbonyl (C=O) groups excluding carboxylic acids is 5. The Kier molecular flexibility index (Phi) is 12.4. The molecule has 1 aromatic carbocycles. The Hall–Kier alpha value is -4.74. The third kappa shape index (κ3) is 9.10. The number of imide groups is 1. The van der Waals surface area contributed by atoms with Gasteiger partial charge in [-0.3, -0.25) is 14.2 Å². The number of nitrogens with zero attached hydrogens (tertiary/aromatic N) is 6. The minimum atomic E-state index is -2.10. The number of esters is 1. The number of hydrogen-bond donors (Lipinski definition) is 0. The Balaban J connectivity index is 1.43. The van der Waals surface area contributed by atoms with E-state index >= 15 is 4.39 Å². The first-order chi connectivity index (χ1) is 26.2. The van der Waals surface area contributed by atoms with Gasteiger partial charge in [-0.2, -0.15) is 14.9 Å². The number of hydrogen-bond acceptors (Lipinski definition) is 13. The molecule has 1 unspecified atom stereocenters. The van der Waals surface area contributed by atoms with E-state index in [2.05, 4.69) is 15.0 Å². The third-order valence-corrected chi connectivity index (χ3v) is 9.30. The van der Waals surface area contributed by atoms with Crippen molar-refractivity contribution in [1.82, 2.24) is 19.5 Å². The molecule has 0 radical (unpaired) electrons. The lowest BCUT2D eigenvalue weighted by molar-refractivity contribution is -0.182. The Bertz CT molecular complexity index is 1950. The second kappa shape index (κ2) is 16.4. The molecule has 5 atom stereocenters. The molecule has 4 heterocycles. The maximum absolute atomic E-state index is 16.3. The van der Waals surface area contributed by atoms with Crippen molar-refractivity contribution < 1.29 is 52.0 Å². The van der Waals surface area contributed by atoms with Gasteiger partial charge in [0.25, 0.3) is 0 Å². The highest BCUT2D eigenvalue weighted by Crippen LogP contribution is 2.40. The highest BCUT2D eigenvalue weighted by molar-refractivity contribution is 6.29. The fourth-order valence-electron chi connectivity index (χ4n) is 6.36. The smallest absolute Gasteiger partial charge is 0.425 e. The minimum absolute atomic E-state index is 0.0177. The van der Waals surface area contributed by atoms with E-state index in [1.54, 1.807) is 84.6 Å². The van der Waals surface area contributed by atoms with Crippen LogP contribution < -0.4 is 9.80 Å². The molecule has 3 aromatic rings. The van der Waals surface area contributed by atoms with Crippen LogP contribution in [0.4, 0.5) is 25.5 Å². The van der Waals surface area contributed by atoms with E-state index in [0.29, 0.717) is 29.1 Å². The maximum atomic E-state index is 16.3. The van der Waals surface area contributed by atoms with Crippen LogP contribution in [0.1, 0.15) is 86.9 Å². The van der Waals surface area contributed by atoms with E-state index in [9.17, 15) is 24.0 Å². The van der Waals surface area contributed by atoms with Crippen LogP contribution in [0.15, 0.2) is 30.6 Å². The van der Waals surface area contributed by atoms with Gasteiger partial charge < -0.3 is 28.6 Å². The zero-order chi connectivity index (χ0) is 41.3. The van der Waals surface area contributed by atoms with Crippen LogP contribution in [0.2, 0.25) is 5.28 Å². The zero-order valence-corrected chi connectivity index (χ0v) is 33.7. The molecule has 0 aliphatic carbocycles. The SMILES string of the molecule is CCOC(=O)C(Cc1ccc(N2CCCC2=O)cc1)(OC[C@H]1O[C@@H](n2cnc3c(N(C(=O)OC(C)(C)C)C(=O)OC(C)(C)C)nc(Cl)nc32)[C@@H](F)[C@@H]1C)C(C)=O.